The van der Waals surface area contributed by atoms with E-state index >= 15 is 0 Å². The van der Waals surface area contributed by atoms with Gasteiger partial charge in [0.25, 0.3) is 5.91 Å². The van der Waals surface area contributed by atoms with Gasteiger partial charge >= 0.3 is 0 Å². The molecule has 0 aromatic carbocycles. The maximum atomic E-state index is 12.4. The molecule has 0 bridgehead atoms. The maximum Gasteiger partial charge on any atom is 0.274 e. The predicted octanol–water partition coefficient (Wildman–Crippen LogP) is 0.391. The van der Waals surface area contributed by atoms with Crippen molar-refractivity contribution in [1.82, 2.24) is 14.7 Å². The van der Waals surface area contributed by atoms with Crippen LogP contribution < -0.4 is 5.73 Å². The van der Waals surface area contributed by atoms with Gasteiger partial charge in [-0.3, -0.25) is 9.48 Å². The molecule has 6 heteroatoms. The molecule has 1 saturated heterocycles. The van der Waals surface area contributed by atoms with Crippen molar-refractivity contribution in [1.29, 1.82) is 0 Å². The van der Waals surface area contributed by atoms with E-state index in [9.17, 15) is 9.90 Å². The summed E-state index contributed by atoms with van der Waals surface area (Å²) >= 11 is 0. The molecule has 0 atom stereocenters. The van der Waals surface area contributed by atoms with Gasteiger partial charge < -0.3 is 15.7 Å². The molecule has 1 aromatic rings. The number of rotatable bonds is 3. The fourth-order valence-electron chi connectivity index (χ4n) is 2.84. The molecule has 0 spiro atoms. The second-order valence-corrected chi connectivity index (χ2v) is 5.70. The average Bonchev–Trinajstić information content (AvgIpc) is 3.13. The Hall–Kier alpha value is -1.56. The van der Waals surface area contributed by atoms with E-state index in [2.05, 4.69) is 5.10 Å². The van der Waals surface area contributed by atoms with Crippen molar-refractivity contribution >= 4 is 11.6 Å². The minimum atomic E-state index is -0.656. The SMILES string of the molecule is CCn1nc(C)c(N)c1C(=O)N1CC(O)(C2CC2)C1. The molecule has 1 aliphatic heterocycles. The molecule has 6 nitrogen and oxygen atoms in total. The Bertz CT molecular complexity index is 527. The third-order valence-corrected chi connectivity index (χ3v) is 4.23. The van der Waals surface area contributed by atoms with Gasteiger partial charge in [0.05, 0.1) is 24.5 Å². The highest BCUT2D eigenvalue weighted by atomic mass is 16.3. The monoisotopic (exact) mass is 264 g/mol. The van der Waals surface area contributed by atoms with E-state index < -0.39 is 5.60 Å². The van der Waals surface area contributed by atoms with E-state index in [1.807, 2.05) is 6.92 Å². The Balaban J connectivity index is 1.78. The van der Waals surface area contributed by atoms with Gasteiger partial charge in [-0.05, 0) is 32.6 Å². The topological polar surface area (TPSA) is 84.4 Å². The van der Waals surface area contributed by atoms with Gasteiger partial charge in [-0.2, -0.15) is 5.10 Å². The lowest BCUT2D eigenvalue weighted by Crippen LogP contribution is -2.64. The summed E-state index contributed by atoms with van der Waals surface area (Å²) in [6.07, 6.45) is 2.15. The summed E-state index contributed by atoms with van der Waals surface area (Å²) in [6, 6.07) is 0. The number of aryl methyl sites for hydroxylation is 2. The summed E-state index contributed by atoms with van der Waals surface area (Å²) < 4.78 is 1.64. The summed E-state index contributed by atoms with van der Waals surface area (Å²) in [6.45, 7) is 5.18. The molecule has 104 valence electrons. The van der Waals surface area contributed by atoms with Crippen LogP contribution in [0, 0.1) is 12.8 Å². The van der Waals surface area contributed by atoms with Gasteiger partial charge in [-0.1, -0.05) is 0 Å². The quantitative estimate of drug-likeness (QED) is 0.827. The summed E-state index contributed by atoms with van der Waals surface area (Å²) in [5.74, 6) is 0.261. The number of carbonyl (C=O) groups excluding carboxylic acids is 1. The second kappa shape index (κ2) is 3.96. The summed E-state index contributed by atoms with van der Waals surface area (Å²) in [5.41, 5.74) is 6.88. The lowest BCUT2D eigenvalue weighted by molar-refractivity contribution is -0.0960. The zero-order chi connectivity index (χ0) is 13.8. The number of carbonyl (C=O) groups is 1. The minimum Gasteiger partial charge on any atom is -0.395 e. The van der Waals surface area contributed by atoms with Gasteiger partial charge in [0.2, 0.25) is 0 Å². The Morgan fingerprint density at radius 3 is 2.68 bits per heavy atom. The molecule has 1 amide bonds. The standard InChI is InChI=1S/C13H20N4O2/c1-3-17-11(10(14)8(2)15-17)12(18)16-6-13(19,7-16)9-4-5-9/h9,19H,3-7,14H2,1-2H3. The zero-order valence-corrected chi connectivity index (χ0v) is 11.4. The third-order valence-electron chi connectivity index (χ3n) is 4.23. The molecule has 2 heterocycles. The molecule has 1 aromatic heterocycles. The smallest absolute Gasteiger partial charge is 0.274 e. The number of hydrogen-bond acceptors (Lipinski definition) is 4. The molecule has 3 rings (SSSR count). The molecule has 0 radical (unpaired) electrons. The van der Waals surface area contributed by atoms with Gasteiger partial charge in [0.1, 0.15) is 11.3 Å². The Morgan fingerprint density at radius 1 is 1.53 bits per heavy atom. The highest BCUT2D eigenvalue weighted by molar-refractivity contribution is 5.98. The molecule has 2 fully saturated rings. The van der Waals surface area contributed by atoms with E-state index in [1.165, 1.54) is 0 Å². The van der Waals surface area contributed by atoms with Crippen molar-refractivity contribution in [2.45, 2.75) is 38.8 Å². The van der Waals surface area contributed by atoms with E-state index in [0.717, 1.165) is 12.8 Å². The summed E-state index contributed by atoms with van der Waals surface area (Å²) in [5, 5.41) is 14.5. The van der Waals surface area contributed by atoms with Crippen LogP contribution in [0.2, 0.25) is 0 Å². The number of nitrogen functional groups attached to an aromatic ring is 1. The van der Waals surface area contributed by atoms with E-state index in [0.29, 0.717) is 42.6 Å². The van der Waals surface area contributed by atoms with Crippen LogP contribution in [0.1, 0.15) is 35.9 Å². The van der Waals surface area contributed by atoms with Gasteiger partial charge in [-0.25, -0.2) is 0 Å². The van der Waals surface area contributed by atoms with Crippen LogP contribution in [0.5, 0.6) is 0 Å². The molecule has 0 unspecified atom stereocenters. The largest absolute Gasteiger partial charge is 0.395 e. The van der Waals surface area contributed by atoms with Crippen LogP contribution in [0.4, 0.5) is 5.69 Å². The van der Waals surface area contributed by atoms with Crippen LogP contribution in [0.25, 0.3) is 0 Å². The first-order valence-corrected chi connectivity index (χ1v) is 6.81. The lowest BCUT2D eigenvalue weighted by Gasteiger charge is -2.46. The van der Waals surface area contributed by atoms with Crippen molar-refractivity contribution in [3.8, 4) is 0 Å². The second-order valence-electron chi connectivity index (χ2n) is 5.70. The number of likely N-dealkylation sites (tertiary alicyclic amines) is 1. The van der Waals surface area contributed by atoms with Crippen LogP contribution in [0.3, 0.4) is 0 Å². The van der Waals surface area contributed by atoms with E-state index in [1.54, 1.807) is 16.5 Å². The van der Waals surface area contributed by atoms with Crippen LogP contribution in [-0.2, 0) is 6.54 Å². The number of nitrogens with two attached hydrogens (primary N) is 1. The van der Waals surface area contributed by atoms with Gasteiger partial charge in [0, 0.05) is 6.54 Å². The zero-order valence-electron chi connectivity index (χ0n) is 11.4. The molecular weight excluding hydrogens is 244 g/mol. The van der Waals surface area contributed by atoms with Crippen molar-refractivity contribution in [3.63, 3.8) is 0 Å². The predicted molar refractivity (Wildman–Crippen MR) is 70.6 cm³/mol. The maximum absolute atomic E-state index is 12.4. The number of amides is 1. The van der Waals surface area contributed by atoms with Crippen molar-refractivity contribution in [2.24, 2.45) is 5.92 Å². The highest BCUT2D eigenvalue weighted by Gasteiger charge is 2.53. The molecule has 2 aliphatic rings. The number of aromatic nitrogens is 2. The van der Waals surface area contributed by atoms with Gasteiger partial charge in [-0.15, -0.1) is 0 Å². The number of β-amino-alcohol motifs (C(OH)–C–C–N with tert-alkyl or cyclic N) is 1. The fraction of sp³-hybridized carbons (Fsp3) is 0.692. The minimum absolute atomic E-state index is 0.120. The van der Waals surface area contributed by atoms with Crippen LogP contribution in [-0.4, -0.2) is 44.4 Å². The highest BCUT2D eigenvalue weighted by Crippen LogP contribution is 2.44. The van der Waals surface area contributed by atoms with Crippen molar-refractivity contribution < 1.29 is 9.90 Å². The molecule has 19 heavy (non-hydrogen) atoms. The van der Waals surface area contributed by atoms with Crippen molar-refractivity contribution in [2.75, 3.05) is 18.8 Å². The number of nitrogens with zero attached hydrogens (tertiary/aromatic N) is 3. The molecule has 1 saturated carbocycles. The number of hydrogen-bond donors (Lipinski definition) is 2. The lowest BCUT2D eigenvalue weighted by atomic mass is 9.88. The summed E-state index contributed by atoms with van der Waals surface area (Å²) in [7, 11) is 0. The normalized spacial score (nSPS) is 21.3. The number of aliphatic hydroxyl groups is 1. The third kappa shape index (κ3) is 1.82. The molecular formula is C13H20N4O2. The molecule has 1 aliphatic carbocycles. The number of anilines is 1. The first-order chi connectivity index (χ1) is 8.96. The van der Waals surface area contributed by atoms with Crippen molar-refractivity contribution in [3.05, 3.63) is 11.4 Å². The Labute approximate surface area is 112 Å². The van der Waals surface area contributed by atoms with Crippen LogP contribution in [0.15, 0.2) is 0 Å². The fourth-order valence-corrected chi connectivity index (χ4v) is 2.84. The Morgan fingerprint density at radius 2 is 2.16 bits per heavy atom. The summed E-state index contributed by atoms with van der Waals surface area (Å²) in [4.78, 5) is 14.1. The average molecular weight is 264 g/mol. The Kier molecular flexibility index (Phi) is 2.60. The van der Waals surface area contributed by atoms with E-state index in [-0.39, 0.29) is 5.91 Å². The van der Waals surface area contributed by atoms with Gasteiger partial charge in [0.15, 0.2) is 0 Å². The first kappa shape index (κ1) is 12.5. The van der Waals surface area contributed by atoms with Crippen LogP contribution >= 0.6 is 0 Å². The van der Waals surface area contributed by atoms with E-state index in [4.69, 9.17) is 5.73 Å². The first-order valence-electron chi connectivity index (χ1n) is 6.81. The molecule has 3 N–H and O–H groups in total.